The Kier molecular flexibility index (Phi) is 8.06. The molecule has 294 valence electrons. The summed E-state index contributed by atoms with van der Waals surface area (Å²) in [4.78, 5) is 2.53. The van der Waals surface area contributed by atoms with Crippen molar-refractivity contribution in [2.45, 2.75) is 5.41 Å². The van der Waals surface area contributed by atoms with Gasteiger partial charge in [-0.2, -0.15) is 0 Å². The average molecular weight is 818 g/mol. The van der Waals surface area contributed by atoms with Gasteiger partial charge in [0, 0.05) is 37.0 Å². The van der Waals surface area contributed by atoms with Crippen LogP contribution in [0.5, 0.6) is 0 Å². The number of rotatable bonds is 6. The Hall–Kier alpha value is -7.78. The number of anilines is 3. The van der Waals surface area contributed by atoms with Crippen molar-refractivity contribution in [2.24, 2.45) is 0 Å². The zero-order valence-corrected chi connectivity index (χ0v) is 35.2. The molecule has 2 aliphatic rings. The normalized spacial score (nSPS) is 12.9. The van der Waals surface area contributed by atoms with E-state index < -0.39 is 5.41 Å². The fourth-order valence-corrected chi connectivity index (χ4v) is 12.0. The molecule has 0 saturated heterocycles. The Morgan fingerprint density at radius 3 is 1.57 bits per heavy atom. The standard InChI is InChI=1S/C61H39NS/c1-3-17-40(18-4-1)41-33-36-44(37-34-41)62(55-38-35-43(39-50(55)42-19-5-2-6-20-42)45-25-15-32-58-59(45)49-24-10-14-31-57(49)63-58)56-30-16-29-54-60(56)48-23-9-13-28-53(48)61(54)51-26-11-7-21-46(51)47-22-8-12-27-52(47)61/h1-39H. The molecule has 13 rings (SSSR count). The maximum Gasteiger partial charge on any atom is 0.0726 e. The van der Waals surface area contributed by atoms with Gasteiger partial charge in [0.05, 0.1) is 16.8 Å². The predicted octanol–water partition coefficient (Wildman–Crippen LogP) is 16.9. The SMILES string of the molecule is c1ccc(-c2ccc(N(c3ccc(-c4cccc5sc6ccccc6c45)cc3-c3ccccc3)c3cccc4c3-c3ccccc3C43c4ccccc4-c4ccccc43)cc2)cc1. The first kappa shape index (κ1) is 35.9. The first-order valence-corrected chi connectivity index (χ1v) is 22.6. The number of benzene rings is 10. The minimum Gasteiger partial charge on any atom is -0.309 e. The molecule has 1 heterocycles. The van der Waals surface area contributed by atoms with Gasteiger partial charge in [0.1, 0.15) is 0 Å². The average Bonchev–Trinajstić information content (AvgIpc) is 4.00. The molecule has 0 fully saturated rings. The molecule has 0 aliphatic heterocycles. The maximum atomic E-state index is 2.53. The third-order valence-electron chi connectivity index (χ3n) is 13.5. The van der Waals surface area contributed by atoms with E-state index in [-0.39, 0.29) is 0 Å². The topological polar surface area (TPSA) is 3.24 Å². The van der Waals surface area contributed by atoms with Crippen molar-refractivity contribution in [1.29, 1.82) is 0 Å². The lowest BCUT2D eigenvalue weighted by Crippen LogP contribution is -2.26. The van der Waals surface area contributed by atoms with E-state index in [0.717, 1.165) is 17.1 Å². The Morgan fingerprint density at radius 2 is 0.841 bits per heavy atom. The van der Waals surface area contributed by atoms with Crippen LogP contribution in [0, 0.1) is 0 Å². The van der Waals surface area contributed by atoms with Crippen LogP contribution in [0.1, 0.15) is 22.3 Å². The molecule has 0 saturated carbocycles. The third kappa shape index (κ3) is 5.29. The number of hydrogen-bond acceptors (Lipinski definition) is 2. The van der Waals surface area contributed by atoms with E-state index in [0.29, 0.717) is 0 Å². The van der Waals surface area contributed by atoms with Gasteiger partial charge in [-0.05, 0) is 109 Å². The van der Waals surface area contributed by atoms with Gasteiger partial charge in [-0.3, -0.25) is 0 Å². The molecular weight excluding hydrogens is 779 g/mol. The van der Waals surface area contributed by atoms with Crippen molar-refractivity contribution in [2.75, 3.05) is 4.90 Å². The molecule has 11 aromatic rings. The molecule has 0 unspecified atom stereocenters. The highest BCUT2D eigenvalue weighted by atomic mass is 32.1. The summed E-state index contributed by atoms with van der Waals surface area (Å²) in [6.07, 6.45) is 0. The van der Waals surface area contributed by atoms with Crippen molar-refractivity contribution < 1.29 is 0 Å². The Balaban J connectivity index is 1.10. The van der Waals surface area contributed by atoms with Crippen LogP contribution < -0.4 is 4.90 Å². The van der Waals surface area contributed by atoms with E-state index >= 15 is 0 Å². The second-order valence-electron chi connectivity index (χ2n) is 16.7. The summed E-state index contributed by atoms with van der Waals surface area (Å²) >= 11 is 1.87. The van der Waals surface area contributed by atoms with Crippen LogP contribution in [0.3, 0.4) is 0 Å². The molecule has 2 heteroatoms. The van der Waals surface area contributed by atoms with Gasteiger partial charge >= 0.3 is 0 Å². The van der Waals surface area contributed by atoms with Gasteiger partial charge in [0.25, 0.3) is 0 Å². The highest BCUT2D eigenvalue weighted by molar-refractivity contribution is 7.25. The van der Waals surface area contributed by atoms with E-state index in [1.165, 1.54) is 98.1 Å². The van der Waals surface area contributed by atoms with Gasteiger partial charge in [0.2, 0.25) is 0 Å². The highest BCUT2D eigenvalue weighted by Crippen LogP contribution is 2.65. The molecule has 1 spiro atoms. The zero-order chi connectivity index (χ0) is 41.5. The smallest absolute Gasteiger partial charge is 0.0726 e. The summed E-state index contributed by atoms with van der Waals surface area (Å²) < 4.78 is 2.62. The van der Waals surface area contributed by atoms with Crippen LogP contribution in [0.2, 0.25) is 0 Å². The fraction of sp³-hybridized carbons (Fsp3) is 0.0164. The summed E-state index contributed by atoms with van der Waals surface area (Å²) in [5.74, 6) is 0. The lowest BCUT2D eigenvalue weighted by atomic mass is 9.70. The van der Waals surface area contributed by atoms with Gasteiger partial charge in [0.15, 0.2) is 0 Å². The van der Waals surface area contributed by atoms with Crippen molar-refractivity contribution in [1.82, 2.24) is 0 Å². The lowest BCUT2D eigenvalue weighted by molar-refractivity contribution is 0.794. The molecule has 0 radical (unpaired) electrons. The molecule has 0 N–H and O–H groups in total. The van der Waals surface area contributed by atoms with Crippen molar-refractivity contribution in [3.8, 4) is 55.6 Å². The molecule has 1 aromatic heterocycles. The monoisotopic (exact) mass is 817 g/mol. The number of thiophene rings is 1. The minimum atomic E-state index is -0.452. The fourth-order valence-electron chi connectivity index (χ4n) is 10.9. The van der Waals surface area contributed by atoms with Gasteiger partial charge < -0.3 is 4.90 Å². The Morgan fingerprint density at radius 1 is 0.317 bits per heavy atom. The molecular formula is C61H39NS. The number of nitrogens with zero attached hydrogens (tertiary/aromatic N) is 1. The van der Waals surface area contributed by atoms with E-state index in [2.05, 4.69) is 241 Å². The summed E-state index contributed by atoms with van der Waals surface area (Å²) in [6.45, 7) is 0. The van der Waals surface area contributed by atoms with Crippen LogP contribution in [0.25, 0.3) is 75.8 Å². The molecule has 63 heavy (non-hydrogen) atoms. The van der Waals surface area contributed by atoms with Crippen LogP contribution in [-0.2, 0) is 5.41 Å². The summed E-state index contributed by atoms with van der Waals surface area (Å²) in [5, 5.41) is 2.62. The van der Waals surface area contributed by atoms with Gasteiger partial charge in [-0.15, -0.1) is 11.3 Å². The zero-order valence-electron chi connectivity index (χ0n) is 34.4. The van der Waals surface area contributed by atoms with Crippen LogP contribution >= 0.6 is 11.3 Å². The molecule has 2 aliphatic carbocycles. The number of fused-ring (bicyclic) bond motifs is 13. The van der Waals surface area contributed by atoms with Crippen molar-refractivity contribution in [3.05, 3.63) is 259 Å². The van der Waals surface area contributed by atoms with Crippen molar-refractivity contribution in [3.63, 3.8) is 0 Å². The van der Waals surface area contributed by atoms with Crippen LogP contribution in [0.15, 0.2) is 237 Å². The summed E-state index contributed by atoms with van der Waals surface area (Å²) in [6, 6.07) is 87.8. The number of hydrogen-bond donors (Lipinski definition) is 0. The third-order valence-corrected chi connectivity index (χ3v) is 14.6. The highest BCUT2D eigenvalue weighted by Gasteiger charge is 2.52. The largest absolute Gasteiger partial charge is 0.309 e. The van der Waals surface area contributed by atoms with E-state index in [9.17, 15) is 0 Å². The summed E-state index contributed by atoms with van der Waals surface area (Å²) in [5.41, 5.74) is 20.6. The first-order chi connectivity index (χ1) is 31.3. The van der Waals surface area contributed by atoms with Crippen molar-refractivity contribution >= 4 is 48.6 Å². The Labute approximate surface area is 371 Å². The lowest BCUT2D eigenvalue weighted by Gasteiger charge is -2.32. The predicted molar refractivity (Wildman–Crippen MR) is 267 cm³/mol. The van der Waals surface area contributed by atoms with Gasteiger partial charge in [-0.1, -0.05) is 194 Å². The van der Waals surface area contributed by atoms with E-state index in [1.807, 2.05) is 11.3 Å². The molecule has 10 aromatic carbocycles. The van der Waals surface area contributed by atoms with Crippen LogP contribution in [0.4, 0.5) is 17.1 Å². The molecule has 0 atom stereocenters. The molecule has 0 bridgehead atoms. The second kappa shape index (κ2) is 14.1. The first-order valence-electron chi connectivity index (χ1n) is 21.8. The molecule has 0 amide bonds. The quantitative estimate of drug-likeness (QED) is 0.162. The van der Waals surface area contributed by atoms with E-state index in [4.69, 9.17) is 0 Å². The van der Waals surface area contributed by atoms with Crippen LogP contribution in [-0.4, -0.2) is 0 Å². The maximum absolute atomic E-state index is 2.53. The Bertz CT molecular complexity index is 3520. The van der Waals surface area contributed by atoms with Gasteiger partial charge in [-0.25, -0.2) is 0 Å². The minimum absolute atomic E-state index is 0.452. The summed E-state index contributed by atoms with van der Waals surface area (Å²) in [7, 11) is 0. The second-order valence-corrected chi connectivity index (χ2v) is 17.8. The molecule has 1 nitrogen and oxygen atoms in total. The van der Waals surface area contributed by atoms with E-state index in [1.54, 1.807) is 0 Å².